The number of ether oxygens (including phenoxy) is 1. The van der Waals surface area contributed by atoms with Gasteiger partial charge in [-0.3, -0.25) is 4.90 Å². The third-order valence-electron chi connectivity index (χ3n) is 3.46. The molecule has 0 bridgehead atoms. The van der Waals surface area contributed by atoms with E-state index in [0.29, 0.717) is 12.1 Å². The van der Waals surface area contributed by atoms with E-state index in [4.69, 9.17) is 4.74 Å². The van der Waals surface area contributed by atoms with Gasteiger partial charge in [-0.25, -0.2) is 0 Å². The molecule has 2 rings (SSSR count). The van der Waals surface area contributed by atoms with E-state index >= 15 is 0 Å². The lowest BCUT2D eigenvalue weighted by Gasteiger charge is -2.30. The molecule has 2 heteroatoms. The molecule has 1 aliphatic rings. The lowest BCUT2D eigenvalue weighted by Crippen LogP contribution is -2.33. The Balaban J connectivity index is 1.91. The van der Waals surface area contributed by atoms with E-state index in [-0.39, 0.29) is 0 Å². The molecule has 17 heavy (non-hydrogen) atoms. The van der Waals surface area contributed by atoms with Crippen LogP contribution in [0, 0.1) is 0 Å². The number of hydrogen-bond donors (Lipinski definition) is 0. The maximum absolute atomic E-state index is 5.61. The van der Waals surface area contributed by atoms with E-state index in [1.165, 1.54) is 5.56 Å². The maximum atomic E-state index is 5.61. The predicted octanol–water partition coefficient (Wildman–Crippen LogP) is 3.37. The van der Waals surface area contributed by atoms with Gasteiger partial charge in [0.2, 0.25) is 0 Å². The average molecular weight is 231 g/mol. The van der Waals surface area contributed by atoms with Crippen LogP contribution in [0.1, 0.15) is 31.4 Å². The molecule has 1 aromatic rings. The van der Waals surface area contributed by atoms with Gasteiger partial charge >= 0.3 is 0 Å². The smallest absolute Gasteiger partial charge is 0.111 e. The minimum atomic E-state index is 0.344. The van der Waals surface area contributed by atoms with Gasteiger partial charge in [-0.15, -0.1) is 0 Å². The Hall–Kier alpha value is -1.28. The standard InChI is InChI=1S/C15H21NO/c1-13(14-8-4-3-5-9-14)16(2)12-15-10-6-7-11-17-15/h3-5,7-9,11,13,15H,6,10,12H2,1-2H3/t13-,15+/m0/s1. The Labute approximate surface area is 104 Å². The Kier molecular flexibility index (Phi) is 4.21. The Bertz CT molecular complexity index is 360. The van der Waals surface area contributed by atoms with Gasteiger partial charge in [0.25, 0.3) is 0 Å². The fraction of sp³-hybridized carbons (Fsp3) is 0.467. The summed E-state index contributed by atoms with van der Waals surface area (Å²) in [6.45, 7) is 3.23. The van der Waals surface area contributed by atoms with Crippen LogP contribution in [-0.4, -0.2) is 24.6 Å². The van der Waals surface area contributed by atoms with Crippen molar-refractivity contribution in [1.82, 2.24) is 4.90 Å². The van der Waals surface area contributed by atoms with Crippen LogP contribution in [0.2, 0.25) is 0 Å². The lowest BCUT2D eigenvalue weighted by molar-refractivity contribution is 0.0756. The Morgan fingerprint density at radius 3 is 2.76 bits per heavy atom. The summed E-state index contributed by atoms with van der Waals surface area (Å²) in [5.74, 6) is 0. The normalized spacial score (nSPS) is 21.2. The summed E-state index contributed by atoms with van der Waals surface area (Å²) in [5.41, 5.74) is 1.36. The minimum Gasteiger partial charge on any atom is -0.497 e. The molecule has 92 valence electrons. The number of hydrogen-bond acceptors (Lipinski definition) is 2. The van der Waals surface area contributed by atoms with E-state index < -0.39 is 0 Å². The van der Waals surface area contributed by atoms with Gasteiger partial charge in [0.1, 0.15) is 6.10 Å². The first-order valence-corrected chi connectivity index (χ1v) is 6.33. The van der Waals surface area contributed by atoms with Crippen molar-refractivity contribution in [2.75, 3.05) is 13.6 Å². The second-order valence-electron chi connectivity index (χ2n) is 4.73. The Morgan fingerprint density at radius 2 is 2.12 bits per heavy atom. The summed E-state index contributed by atoms with van der Waals surface area (Å²) < 4.78 is 5.61. The van der Waals surface area contributed by atoms with Crippen molar-refractivity contribution in [3.8, 4) is 0 Å². The third-order valence-corrected chi connectivity index (χ3v) is 3.46. The van der Waals surface area contributed by atoms with Crippen molar-refractivity contribution >= 4 is 0 Å². The topological polar surface area (TPSA) is 12.5 Å². The molecule has 0 N–H and O–H groups in total. The zero-order chi connectivity index (χ0) is 12.1. The molecule has 0 saturated heterocycles. The van der Waals surface area contributed by atoms with Crippen LogP contribution in [0.15, 0.2) is 42.7 Å². The molecule has 0 saturated carbocycles. The summed E-state index contributed by atoms with van der Waals surface area (Å²) in [5, 5.41) is 0. The van der Waals surface area contributed by atoms with Gasteiger partial charge < -0.3 is 4.74 Å². The zero-order valence-corrected chi connectivity index (χ0v) is 10.7. The maximum Gasteiger partial charge on any atom is 0.111 e. The molecule has 0 aliphatic carbocycles. The summed E-state index contributed by atoms with van der Waals surface area (Å²) >= 11 is 0. The fourth-order valence-corrected chi connectivity index (χ4v) is 2.18. The second-order valence-corrected chi connectivity index (χ2v) is 4.73. The molecule has 1 aliphatic heterocycles. The number of allylic oxidation sites excluding steroid dienone is 1. The summed E-state index contributed by atoms with van der Waals surface area (Å²) in [4.78, 5) is 2.36. The van der Waals surface area contributed by atoms with Gasteiger partial charge in [0.15, 0.2) is 0 Å². The van der Waals surface area contributed by atoms with Crippen LogP contribution in [-0.2, 0) is 4.74 Å². The van der Waals surface area contributed by atoms with Gasteiger partial charge in [0.05, 0.1) is 6.26 Å². The van der Waals surface area contributed by atoms with Crippen molar-refractivity contribution in [3.63, 3.8) is 0 Å². The van der Waals surface area contributed by atoms with Crippen LogP contribution >= 0.6 is 0 Å². The van der Waals surface area contributed by atoms with Gasteiger partial charge in [0, 0.05) is 12.6 Å². The molecular formula is C15H21NO. The highest BCUT2D eigenvalue weighted by molar-refractivity contribution is 5.18. The van der Waals surface area contributed by atoms with Crippen molar-refractivity contribution < 1.29 is 4.74 Å². The third kappa shape index (κ3) is 3.34. The highest BCUT2D eigenvalue weighted by Crippen LogP contribution is 2.20. The average Bonchev–Trinajstić information content (AvgIpc) is 2.40. The van der Waals surface area contributed by atoms with E-state index in [2.05, 4.69) is 55.3 Å². The second kappa shape index (κ2) is 5.87. The van der Waals surface area contributed by atoms with Crippen LogP contribution in [0.4, 0.5) is 0 Å². The van der Waals surface area contributed by atoms with Crippen molar-refractivity contribution in [1.29, 1.82) is 0 Å². The van der Waals surface area contributed by atoms with Gasteiger partial charge in [-0.05, 0) is 38.5 Å². The molecule has 0 fully saturated rings. The van der Waals surface area contributed by atoms with Crippen LogP contribution in [0.25, 0.3) is 0 Å². The highest BCUT2D eigenvalue weighted by atomic mass is 16.5. The molecule has 2 nitrogen and oxygen atoms in total. The van der Waals surface area contributed by atoms with Crippen molar-refractivity contribution in [3.05, 3.63) is 48.2 Å². The first-order chi connectivity index (χ1) is 8.27. The lowest BCUT2D eigenvalue weighted by atomic mass is 10.1. The van der Waals surface area contributed by atoms with E-state index in [1.54, 1.807) is 0 Å². The summed E-state index contributed by atoms with van der Waals surface area (Å²) in [7, 11) is 2.17. The quantitative estimate of drug-likeness (QED) is 0.787. The first kappa shape index (κ1) is 12.2. The van der Waals surface area contributed by atoms with Crippen molar-refractivity contribution in [2.45, 2.75) is 31.9 Å². The predicted molar refractivity (Wildman–Crippen MR) is 70.7 cm³/mol. The molecule has 0 radical (unpaired) electrons. The number of rotatable bonds is 4. The molecule has 1 aromatic carbocycles. The monoisotopic (exact) mass is 231 g/mol. The number of benzene rings is 1. The minimum absolute atomic E-state index is 0.344. The van der Waals surface area contributed by atoms with Crippen LogP contribution in [0.3, 0.4) is 0 Å². The van der Waals surface area contributed by atoms with E-state index in [1.807, 2.05) is 6.26 Å². The molecule has 0 unspecified atom stereocenters. The molecule has 0 spiro atoms. The first-order valence-electron chi connectivity index (χ1n) is 6.33. The fourth-order valence-electron chi connectivity index (χ4n) is 2.18. The summed E-state index contributed by atoms with van der Waals surface area (Å²) in [6, 6.07) is 11.1. The molecule has 2 atom stereocenters. The molecule has 0 amide bonds. The van der Waals surface area contributed by atoms with Crippen molar-refractivity contribution in [2.24, 2.45) is 0 Å². The zero-order valence-electron chi connectivity index (χ0n) is 10.7. The number of nitrogens with zero attached hydrogens (tertiary/aromatic N) is 1. The molecule has 1 heterocycles. The molecular weight excluding hydrogens is 210 g/mol. The highest BCUT2D eigenvalue weighted by Gasteiger charge is 2.18. The van der Waals surface area contributed by atoms with E-state index in [0.717, 1.165) is 19.4 Å². The van der Waals surface area contributed by atoms with Crippen LogP contribution in [0.5, 0.6) is 0 Å². The van der Waals surface area contributed by atoms with Crippen LogP contribution < -0.4 is 0 Å². The van der Waals surface area contributed by atoms with E-state index in [9.17, 15) is 0 Å². The van der Waals surface area contributed by atoms with Gasteiger partial charge in [-0.1, -0.05) is 30.3 Å². The number of likely N-dealkylation sites (N-methyl/N-ethyl adjacent to an activating group) is 1. The SMILES string of the molecule is C[C@@H](c1ccccc1)N(C)C[C@H]1CCC=CO1. The molecule has 0 aromatic heterocycles. The Morgan fingerprint density at radius 1 is 1.35 bits per heavy atom. The summed E-state index contributed by atoms with van der Waals surface area (Å²) in [6.07, 6.45) is 6.54. The largest absolute Gasteiger partial charge is 0.497 e. The van der Waals surface area contributed by atoms with Gasteiger partial charge in [-0.2, -0.15) is 0 Å².